The number of alkyl halides is 3. The van der Waals surface area contributed by atoms with Crippen molar-refractivity contribution in [2.24, 2.45) is 5.41 Å². The van der Waals surface area contributed by atoms with Crippen LogP contribution in [0.3, 0.4) is 0 Å². The Kier molecular flexibility index (Phi) is 3.99. The lowest BCUT2D eigenvalue weighted by Gasteiger charge is -2.28. The molecule has 0 spiro atoms. The van der Waals surface area contributed by atoms with Gasteiger partial charge >= 0.3 is 12.1 Å². The van der Waals surface area contributed by atoms with Crippen molar-refractivity contribution in [2.45, 2.75) is 19.2 Å². The highest BCUT2D eigenvalue weighted by molar-refractivity contribution is 5.78. The topological polar surface area (TPSA) is 38.3 Å². The molecule has 1 unspecified atom stereocenters. The Bertz CT molecular complexity index is 495. The lowest BCUT2D eigenvalue weighted by atomic mass is 9.86. The zero-order valence-corrected chi connectivity index (χ0v) is 10.5. The Hall–Kier alpha value is -1.63. The van der Waals surface area contributed by atoms with E-state index in [-0.39, 0.29) is 18.5 Å². The van der Waals surface area contributed by atoms with Gasteiger partial charge in [-0.05, 0) is 19.0 Å². The van der Waals surface area contributed by atoms with Crippen molar-refractivity contribution >= 4 is 5.97 Å². The third-order valence-corrected chi connectivity index (χ3v) is 3.41. The van der Waals surface area contributed by atoms with Crippen molar-refractivity contribution in [3.63, 3.8) is 0 Å². The van der Waals surface area contributed by atoms with E-state index in [2.05, 4.69) is 10.1 Å². The van der Waals surface area contributed by atoms with Crippen molar-refractivity contribution in [1.29, 1.82) is 0 Å². The van der Waals surface area contributed by atoms with E-state index in [1.807, 2.05) is 0 Å². The van der Waals surface area contributed by atoms with Gasteiger partial charge < -0.3 is 10.1 Å². The third kappa shape index (κ3) is 2.63. The lowest BCUT2D eigenvalue weighted by molar-refractivity contribution is -0.230. The van der Waals surface area contributed by atoms with Gasteiger partial charge in [0.25, 0.3) is 0 Å². The van der Waals surface area contributed by atoms with Crippen LogP contribution in [0.25, 0.3) is 0 Å². The Morgan fingerprint density at radius 1 is 1.35 bits per heavy atom. The zero-order valence-electron chi connectivity index (χ0n) is 10.5. The van der Waals surface area contributed by atoms with E-state index >= 15 is 0 Å². The molecule has 1 aliphatic rings. The molecule has 1 heterocycles. The summed E-state index contributed by atoms with van der Waals surface area (Å²) in [6.45, 7) is -0.926. The molecule has 1 atom stereocenters. The maximum Gasteiger partial charge on any atom is 0.406 e. The number of halogens is 4. The standard InChI is InChI=1S/C13H13F4NO2/c14-10-4-2-1-3-9(10)7-20-11(19)12(13(15,16)17)5-6-18-8-12/h1-4,18H,5-8H2. The van der Waals surface area contributed by atoms with Gasteiger partial charge in [0.05, 0.1) is 0 Å². The molecule has 2 rings (SSSR count). The average Bonchev–Trinajstić information content (AvgIpc) is 2.87. The van der Waals surface area contributed by atoms with Crippen molar-refractivity contribution in [3.8, 4) is 0 Å². The molecule has 1 aromatic carbocycles. The summed E-state index contributed by atoms with van der Waals surface area (Å²) in [5, 5.41) is 2.52. The van der Waals surface area contributed by atoms with Gasteiger partial charge in [0.15, 0.2) is 5.41 Å². The average molecular weight is 291 g/mol. The SMILES string of the molecule is O=C(OCc1ccccc1F)C1(C(F)(F)F)CCNC1. The van der Waals surface area contributed by atoms with E-state index in [1.54, 1.807) is 0 Å². The normalized spacial score (nSPS) is 22.8. The van der Waals surface area contributed by atoms with Crippen LogP contribution < -0.4 is 5.32 Å². The molecule has 1 aromatic rings. The molecule has 1 fully saturated rings. The maximum absolute atomic E-state index is 13.3. The fourth-order valence-electron chi connectivity index (χ4n) is 2.12. The fourth-order valence-corrected chi connectivity index (χ4v) is 2.12. The van der Waals surface area contributed by atoms with Crippen LogP contribution in [-0.4, -0.2) is 25.2 Å². The van der Waals surface area contributed by atoms with Crippen molar-refractivity contribution in [1.82, 2.24) is 5.32 Å². The molecule has 0 saturated carbocycles. The van der Waals surface area contributed by atoms with Crippen LogP contribution in [-0.2, 0) is 16.1 Å². The van der Waals surface area contributed by atoms with Crippen LogP contribution in [0.15, 0.2) is 24.3 Å². The molecular weight excluding hydrogens is 278 g/mol. The van der Waals surface area contributed by atoms with E-state index in [0.717, 1.165) is 6.07 Å². The van der Waals surface area contributed by atoms with Crippen molar-refractivity contribution < 1.29 is 27.1 Å². The Morgan fingerprint density at radius 2 is 2.05 bits per heavy atom. The van der Waals surface area contributed by atoms with Gasteiger partial charge in [0.2, 0.25) is 0 Å². The first-order valence-electron chi connectivity index (χ1n) is 6.05. The molecule has 0 aromatic heterocycles. The smallest absolute Gasteiger partial charge is 0.406 e. The number of benzene rings is 1. The summed E-state index contributed by atoms with van der Waals surface area (Å²) >= 11 is 0. The van der Waals surface area contributed by atoms with Crippen LogP contribution >= 0.6 is 0 Å². The molecule has 7 heteroatoms. The summed E-state index contributed by atoms with van der Waals surface area (Å²) in [6.07, 6.45) is -5.06. The van der Waals surface area contributed by atoms with Crippen molar-refractivity contribution in [2.75, 3.05) is 13.1 Å². The summed E-state index contributed by atoms with van der Waals surface area (Å²) in [4.78, 5) is 11.8. The molecule has 20 heavy (non-hydrogen) atoms. The zero-order chi connectivity index (χ0) is 14.8. The van der Waals surface area contributed by atoms with Crippen LogP contribution in [0.1, 0.15) is 12.0 Å². The Labute approximate surface area is 112 Å². The van der Waals surface area contributed by atoms with Gasteiger partial charge in [-0.15, -0.1) is 0 Å². The summed E-state index contributed by atoms with van der Waals surface area (Å²) in [7, 11) is 0. The highest BCUT2D eigenvalue weighted by Gasteiger charge is 2.62. The minimum absolute atomic E-state index is 0.0455. The number of hydrogen-bond donors (Lipinski definition) is 1. The van der Waals surface area contributed by atoms with Crippen LogP contribution in [0.2, 0.25) is 0 Å². The number of hydrogen-bond acceptors (Lipinski definition) is 3. The predicted octanol–water partition coefficient (Wildman–Crippen LogP) is 2.41. The minimum atomic E-state index is -4.69. The monoisotopic (exact) mass is 291 g/mol. The first-order chi connectivity index (χ1) is 9.37. The van der Waals surface area contributed by atoms with Gasteiger partial charge in [0.1, 0.15) is 12.4 Å². The van der Waals surface area contributed by atoms with Crippen LogP contribution in [0, 0.1) is 11.2 Å². The van der Waals surface area contributed by atoms with Gasteiger partial charge in [-0.3, -0.25) is 4.79 Å². The highest BCUT2D eigenvalue weighted by Crippen LogP contribution is 2.44. The molecule has 0 amide bonds. The third-order valence-electron chi connectivity index (χ3n) is 3.41. The van der Waals surface area contributed by atoms with E-state index in [4.69, 9.17) is 0 Å². The van der Waals surface area contributed by atoms with E-state index in [1.165, 1.54) is 18.2 Å². The molecule has 0 radical (unpaired) electrons. The second kappa shape index (κ2) is 5.40. The van der Waals surface area contributed by atoms with E-state index < -0.39 is 36.5 Å². The number of nitrogens with one attached hydrogen (secondary N) is 1. The predicted molar refractivity (Wildman–Crippen MR) is 62.2 cm³/mol. The molecule has 0 bridgehead atoms. The number of carbonyl (C=O) groups is 1. The van der Waals surface area contributed by atoms with E-state index in [9.17, 15) is 22.4 Å². The van der Waals surface area contributed by atoms with Crippen LogP contribution in [0.5, 0.6) is 0 Å². The maximum atomic E-state index is 13.3. The summed E-state index contributed by atoms with van der Waals surface area (Å²) in [6, 6.07) is 5.47. The molecular formula is C13H13F4NO2. The van der Waals surface area contributed by atoms with E-state index in [0.29, 0.717) is 0 Å². The van der Waals surface area contributed by atoms with Crippen LogP contribution in [0.4, 0.5) is 17.6 Å². The molecule has 1 N–H and O–H groups in total. The number of esters is 1. The fraction of sp³-hybridized carbons (Fsp3) is 0.462. The molecule has 3 nitrogen and oxygen atoms in total. The van der Waals surface area contributed by atoms with Gasteiger partial charge in [-0.1, -0.05) is 18.2 Å². The Balaban J connectivity index is 2.09. The lowest BCUT2D eigenvalue weighted by Crippen LogP contribution is -2.47. The first kappa shape index (κ1) is 14.8. The first-order valence-corrected chi connectivity index (χ1v) is 6.05. The number of ether oxygens (including phenoxy) is 1. The largest absolute Gasteiger partial charge is 0.460 e. The quantitative estimate of drug-likeness (QED) is 0.686. The summed E-state index contributed by atoms with van der Waals surface area (Å²) < 4.78 is 57.2. The minimum Gasteiger partial charge on any atom is -0.460 e. The van der Waals surface area contributed by atoms with Gasteiger partial charge in [-0.25, -0.2) is 4.39 Å². The second-order valence-corrected chi connectivity index (χ2v) is 4.67. The van der Waals surface area contributed by atoms with Gasteiger partial charge in [-0.2, -0.15) is 13.2 Å². The molecule has 1 saturated heterocycles. The van der Waals surface area contributed by atoms with Gasteiger partial charge in [0, 0.05) is 12.1 Å². The number of carbonyl (C=O) groups excluding carboxylic acids is 1. The van der Waals surface area contributed by atoms with Crippen molar-refractivity contribution in [3.05, 3.63) is 35.6 Å². The molecule has 1 aliphatic heterocycles. The second-order valence-electron chi connectivity index (χ2n) is 4.67. The Morgan fingerprint density at radius 3 is 2.60 bits per heavy atom. The molecule has 0 aliphatic carbocycles. The summed E-state index contributed by atoms with van der Waals surface area (Å²) in [5.74, 6) is -1.98. The summed E-state index contributed by atoms with van der Waals surface area (Å²) in [5.41, 5.74) is -2.48. The highest BCUT2D eigenvalue weighted by atomic mass is 19.4. The number of rotatable bonds is 3. The molecule has 110 valence electrons.